The van der Waals surface area contributed by atoms with E-state index in [2.05, 4.69) is 18.8 Å². The zero-order valence-electron chi connectivity index (χ0n) is 7.51. The summed E-state index contributed by atoms with van der Waals surface area (Å²) in [6.45, 7) is 8.23. The first-order valence-electron chi connectivity index (χ1n) is 3.69. The molecule has 60 valence electrons. The molecular weight excluding hydrogens is 126 g/mol. The van der Waals surface area contributed by atoms with Crippen LogP contribution in [0.1, 0.15) is 27.7 Å². The maximum absolute atomic E-state index is 5.07. The van der Waals surface area contributed by atoms with Gasteiger partial charge in [0.05, 0.1) is 7.11 Å². The summed E-state index contributed by atoms with van der Waals surface area (Å²) in [7, 11) is 1.67. The largest absolute Gasteiger partial charge is 0.484 e. The second kappa shape index (κ2) is 4.31. The van der Waals surface area contributed by atoms with Gasteiger partial charge in [-0.3, -0.25) is 4.99 Å². The van der Waals surface area contributed by atoms with Crippen molar-refractivity contribution >= 4 is 5.90 Å². The van der Waals surface area contributed by atoms with E-state index in [1.54, 1.807) is 7.11 Å². The summed E-state index contributed by atoms with van der Waals surface area (Å²) >= 11 is 0. The molecule has 0 spiro atoms. The Morgan fingerprint density at radius 2 is 1.70 bits per heavy atom. The molecule has 0 rings (SSSR count). The molecule has 0 atom stereocenters. The second-order valence-electron chi connectivity index (χ2n) is 2.92. The van der Waals surface area contributed by atoms with E-state index in [9.17, 15) is 0 Å². The van der Waals surface area contributed by atoms with Gasteiger partial charge in [-0.15, -0.1) is 0 Å². The lowest BCUT2D eigenvalue weighted by molar-refractivity contribution is 0.370. The molecule has 0 unspecified atom stereocenters. The molecule has 0 aromatic rings. The molecular formula is C8H17NO. The van der Waals surface area contributed by atoms with E-state index in [0.717, 1.165) is 5.90 Å². The van der Waals surface area contributed by atoms with Gasteiger partial charge in [-0.2, -0.15) is 0 Å². The minimum absolute atomic E-state index is 0.331. The maximum atomic E-state index is 5.07. The number of hydrogen-bond donors (Lipinski definition) is 0. The Kier molecular flexibility index (Phi) is 4.08. The van der Waals surface area contributed by atoms with Crippen molar-refractivity contribution in [3.8, 4) is 0 Å². The monoisotopic (exact) mass is 143 g/mol. The topological polar surface area (TPSA) is 21.6 Å². The molecule has 0 fully saturated rings. The van der Waals surface area contributed by atoms with E-state index < -0.39 is 0 Å². The van der Waals surface area contributed by atoms with E-state index in [0.29, 0.717) is 12.0 Å². The Hall–Kier alpha value is -0.530. The van der Waals surface area contributed by atoms with Crippen LogP contribution in [0.3, 0.4) is 0 Å². The van der Waals surface area contributed by atoms with E-state index in [1.807, 2.05) is 13.8 Å². The van der Waals surface area contributed by atoms with Crippen molar-refractivity contribution in [3.05, 3.63) is 0 Å². The third-order valence-electron chi connectivity index (χ3n) is 1.09. The fraction of sp³-hybridized carbons (Fsp3) is 0.875. The molecule has 0 saturated heterocycles. The minimum Gasteiger partial charge on any atom is -0.484 e. The van der Waals surface area contributed by atoms with Gasteiger partial charge >= 0.3 is 0 Å². The zero-order chi connectivity index (χ0) is 8.15. The van der Waals surface area contributed by atoms with Crippen molar-refractivity contribution in [1.82, 2.24) is 0 Å². The maximum Gasteiger partial charge on any atom is 0.185 e. The predicted octanol–water partition coefficient (Wildman–Crippen LogP) is 2.10. The van der Waals surface area contributed by atoms with Gasteiger partial charge in [0.2, 0.25) is 0 Å². The third-order valence-corrected chi connectivity index (χ3v) is 1.09. The number of hydrogen-bond acceptors (Lipinski definition) is 2. The molecule has 0 amide bonds. The number of nitrogens with zero attached hydrogens (tertiary/aromatic N) is 1. The number of aliphatic imine (C=N–C) groups is 1. The summed E-state index contributed by atoms with van der Waals surface area (Å²) in [6.07, 6.45) is 0. The van der Waals surface area contributed by atoms with Crippen LogP contribution in [0.15, 0.2) is 4.99 Å². The van der Waals surface area contributed by atoms with Crippen LogP contribution in [0.2, 0.25) is 0 Å². The molecule has 0 heterocycles. The molecule has 0 bridgehead atoms. The van der Waals surface area contributed by atoms with Gasteiger partial charge in [-0.1, -0.05) is 13.8 Å². The fourth-order valence-corrected chi connectivity index (χ4v) is 0.692. The first-order valence-corrected chi connectivity index (χ1v) is 3.69. The lowest BCUT2D eigenvalue weighted by atomic mass is 10.2. The average molecular weight is 143 g/mol. The van der Waals surface area contributed by atoms with Gasteiger partial charge in [0.1, 0.15) is 0 Å². The van der Waals surface area contributed by atoms with Crippen molar-refractivity contribution < 1.29 is 4.74 Å². The standard InChI is InChI=1S/C8H17NO/c1-6(2)8(10-5)9-7(3)4/h6-7H,1-5H3. The summed E-state index contributed by atoms with van der Waals surface area (Å²) < 4.78 is 5.07. The Balaban J connectivity index is 4.04. The molecule has 0 aliphatic heterocycles. The van der Waals surface area contributed by atoms with E-state index in [1.165, 1.54) is 0 Å². The second-order valence-corrected chi connectivity index (χ2v) is 2.92. The SMILES string of the molecule is COC(=NC(C)C)C(C)C. The molecule has 10 heavy (non-hydrogen) atoms. The highest BCUT2D eigenvalue weighted by Gasteiger charge is 2.04. The Labute approximate surface area is 63.3 Å². The summed E-state index contributed by atoms with van der Waals surface area (Å²) in [6, 6.07) is 0.331. The van der Waals surface area contributed by atoms with E-state index in [4.69, 9.17) is 4.74 Å². The molecule has 2 heteroatoms. The average Bonchev–Trinajstić information content (AvgIpc) is 1.81. The van der Waals surface area contributed by atoms with E-state index in [-0.39, 0.29) is 0 Å². The molecule has 0 aliphatic rings. The van der Waals surface area contributed by atoms with Crippen molar-refractivity contribution in [2.45, 2.75) is 33.7 Å². The minimum atomic E-state index is 0.331. The highest BCUT2D eigenvalue weighted by Crippen LogP contribution is 2.00. The molecule has 0 N–H and O–H groups in total. The highest BCUT2D eigenvalue weighted by molar-refractivity contribution is 5.77. The molecule has 2 nitrogen and oxygen atoms in total. The van der Waals surface area contributed by atoms with Gasteiger partial charge in [-0.05, 0) is 13.8 Å². The predicted molar refractivity (Wildman–Crippen MR) is 44.4 cm³/mol. The van der Waals surface area contributed by atoms with Crippen LogP contribution in [0.25, 0.3) is 0 Å². The summed E-state index contributed by atoms with van der Waals surface area (Å²) in [5.41, 5.74) is 0. The molecule has 0 radical (unpaired) electrons. The lowest BCUT2D eigenvalue weighted by Crippen LogP contribution is -2.12. The van der Waals surface area contributed by atoms with Crippen molar-refractivity contribution in [1.29, 1.82) is 0 Å². The highest BCUT2D eigenvalue weighted by atomic mass is 16.5. The smallest absolute Gasteiger partial charge is 0.185 e. The van der Waals surface area contributed by atoms with Gasteiger partial charge in [-0.25, -0.2) is 0 Å². The summed E-state index contributed by atoms with van der Waals surface area (Å²) in [5, 5.41) is 0. The van der Waals surface area contributed by atoms with Crippen LogP contribution in [0.4, 0.5) is 0 Å². The number of rotatable bonds is 2. The lowest BCUT2D eigenvalue weighted by Gasteiger charge is -2.09. The summed E-state index contributed by atoms with van der Waals surface area (Å²) in [5.74, 6) is 1.24. The first-order chi connectivity index (χ1) is 4.57. The van der Waals surface area contributed by atoms with Gasteiger partial charge in [0.15, 0.2) is 5.90 Å². The normalized spacial score (nSPS) is 12.9. The Bertz CT molecular complexity index is 116. The van der Waals surface area contributed by atoms with Crippen LogP contribution in [0.5, 0.6) is 0 Å². The van der Waals surface area contributed by atoms with Crippen LogP contribution in [0, 0.1) is 5.92 Å². The van der Waals surface area contributed by atoms with Crippen LogP contribution in [-0.2, 0) is 4.74 Å². The van der Waals surface area contributed by atoms with Crippen molar-refractivity contribution in [3.63, 3.8) is 0 Å². The molecule has 0 aromatic carbocycles. The van der Waals surface area contributed by atoms with Crippen LogP contribution >= 0.6 is 0 Å². The van der Waals surface area contributed by atoms with Gasteiger partial charge in [0.25, 0.3) is 0 Å². The quantitative estimate of drug-likeness (QED) is 0.428. The number of ether oxygens (including phenoxy) is 1. The Morgan fingerprint density at radius 3 is 1.80 bits per heavy atom. The third kappa shape index (κ3) is 3.49. The molecule has 0 saturated carbocycles. The number of methoxy groups -OCH3 is 1. The van der Waals surface area contributed by atoms with Gasteiger partial charge in [0, 0.05) is 12.0 Å². The fourth-order valence-electron chi connectivity index (χ4n) is 0.692. The molecule has 0 aliphatic carbocycles. The first kappa shape index (κ1) is 9.47. The van der Waals surface area contributed by atoms with Crippen LogP contribution in [-0.4, -0.2) is 19.0 Å². The van der Waals surface area contributed by atoms with Crippen LogP contribution < -0.4 is 0 Å². The van der Waals surface area contributed by atoms with Crippen molar-refractivity contribution in [2.75, 3.05) is 7.11 Å². The van der Waals surface area contributed by atoms with Gasteiger partial charge < -0.3 is 4.74 Å². The summed E-state index contributed by atoms with van der Waals surface area (Å²) in [4.78, 5) is 4.29. The molecule has 0 aromatic heterocycles. The van der Waals surface area contributed by atoms with Crippen molar-refractivity contribution in [2.24, 2.45) is 10.9 Å². The Morgan fingerprint density at radius 1 is 1.20 bits per heavy atom. The zero-order valence-corrected chi connectivity index (χ0v) is 7.51. The van der Waals surface area contributed by atoms with E-state index >= 15 is 0 Å².